The maximum atomic E-state index is 12.3. The topological polar surface area (TPSA) is 48.0 Å². The third kappa shape index (κ3) is 5.99. The van der Waals surface area contributed by atoms with Crippen molar-refractivity contribution >= 4 is 12.0 Å². The van der Waals surface area contributed by atoms with Gasteiger partial charge in [0, 0.05) is 25.2 Å². The normalized spacial score (nSPS) is 10.9. The highest BCUT2D eigenvalue weighted by molar-refractivity contribution is 5.92. The number of methoxy groups -OCH3 is 2. The average molecular weight is 377 g/mol. The highest BCUT2D eigenvalue weighted by Crippen LogP contribution is 2.25. The van der Waals surface area contributed by atoms with Crippen LogP contribution in [0.1, 0.15) is 11.1 Å². The number of halogens is 2. The number of hydrogen-bond donors (Lipinski definition) is 0. The van der Waals surface area contributed by atoms with Gasteiger partial charge < -0.3 is 19.1 Å². The van der Waals surface area contributed by atoms with Gasteiger partial charge >= 0.3 is 6.61 Å². The largest absolute Gasteiger partial charge is 0.497 e. The van der Waals surface area contributed by atoms with Gasteiger partial charge in [0.25, 0.3) is 0 Å². The molecule has 0 fully saturated rings. The van der Waals surface area contributed by atoms with Crippen LogP contribution in [0.25, 0.3) is 6.08 Å². The first-order chi connectivity index (χ1) is 12.9. The van der Waals surface area contributed by atoms with Crippen molar-refractivity contribution in [3.8, 4) is 17.2 Å². The fraction of sp³-hybridized carbons (Fsp3) is 0.250. The Labute approximate surface area is 156 Å². The third-order valence-corrected chi connectivity index (χ3v) is 3.79. The van der Waals surface area contributed by atoms with E-state index >= 15 is 0 Å². The zero-order valence-corrected chi connectivity index (χ0v) is 15.3. The van der Waals surface area contributed by atoms with Crippen LogP contribution in [-0.2, 0) is 11.3 Å². The molecule has 0 saturated carbocycles. The molecule has 0 spiro atoms. The van der Waals surface area contributed by atoms with Gasteiger partial charge in [-0.3, -0.25) is 4.79 Å². The minimum Gasteiger partial charge on any atom is -0.497 e. The van der Waals surface area contributed by atoms with Gasteiger partial charge in [0.05, 0.1) is 14.2 Å². The predicted molar refractivity (Wildman–Crippen MR) is 98.1 cm³/mol. The van der Waals surface area contributed by atoms with Gasteiger partial charge in [-0.05, 0) is 42.0 Å². The second-order valence-electron chi connectivity index (χ2n) is 5.66. The molecule has 0 saturated heterocycles. The van der Waals surface area contributed by atoms with Crippen molar-refractivity contribution in [3.05, 3.63) is 59.7 Å². The summed E-state index contributed by atoms with van der Waals surface area (Å²) in [6.45, 7) is -2.54. The summed E-state index contributed by atoms with van der Waals surface area (Å²) in [4.78, 5) is 13.8. The Hall–Kier alpha value is -3.09. The molecule has 7 heteroatoms. The number of nitrogens with zero attached hydrogens (tertiary/aromatic N) is 1. The van der Waals surface area contributed by atoms with Crippen LogP contribution >= 0.6 is 0 Å². The molecule has 1 amide bonds. The Morgan fingerprint density at radius 2 is 1.74 bits per heavy atom. The number of ether oxygens (including phenoxy) is 3. The summed E-state index contributed by atoms with van der Waals surface area (Å²) in [5.74, 6) is 1.14. The number of benzene rings is 2. The summed E-state index contributed by atoms with van der Waals surface area (Å²) in [7, 11) is 4.76. The first-order valence-electron chi connectivity index (χ1n) is 8.12. The van der Waals surface area contributed by atoms with E-state index in [2.05, 4.69) is 4.74 Å². The number of hydrogen-bond acceptors (Lipinski definition) is 4. The molecule has 0 heterocycles. The smallest absolute Gasteiger partial charge is 0.387 e. The van der Waals surface area contributed by atoms with Gasteiger partial charge in [-0.2, -0.15) is 8.78 Å². The maximum Gasteiger partial charge on any atom is 0.387 e. The van der Waals surface area contributed by atoms with Gasteiger partial charge in [-0.1, -0.05) is 12.1 Å². The van der Waals surface area contributed by atoms with Crippen molar-refractivity contribution in [1.29, 1.82) is 0 Å². The highest BCUT2D eigenvalue weighted by atomic mass is 19.3. The van der Waals surface area contributed by atoms with Gasteiger partial charge in [-0.15, -0.1) is 0 Å². The molecule has 0 aromatic heterocycles. The first kappa shape index (κ1) is 20.2. The van der Waals surface area contributed by atoms with Crippen LogP contribution in [0.5, 0.6) is 17.2 Å². The van der Waals surface area contributed by atoms with Gasteiger partial charge in [0.15, 0.2) is 0 Å². The summed E-state index contributed by atoms with van der Waals surface area (Å²) >= 11 is 0. The first-order valence-corrected chi connectivity index (χ1v) is 8.12. The molecule has 2 rings (SSSR count). The van der Waals surface area contributed by atoms with Crippen molar-refractivity contribution in [2.24, 2.45) is 0 Å². The van der Waals surface area contributed by atoms with Gasteiger partial charge in [-0.25, -0.2) is 0 Å². The summed E-state index contributed by atoms with van der Waals surface area (Å²) in [6, 6.07) is 11.5. The van der Waals surface area contributed by atoms with Crippen LogP contribution in [0.4, 0.5) is 8.78 Å². The molecule has 0 atom stereocenters. The molecule has 27 heavy (non-hydrogen) atoms. The van der Waals surface area contributed by atoms with Gasteiger partial charge in [0.2, 0.25) is 5.91 Å². The molecule has 144 valence electrons. The quantitative estimate of drug-likeness (QED) is 0.653. The number of rotatable bonds is 8. The Balaban J connectivity index is 2.02. The lowest BCUT2D eigenvalue weighted by molar-refractivity contribution is -0.125. The third-order valence-electron chi connectivity index (χ3n) is 3.79. The summed E-state index contributed by atoms with van der Waals surface area (Å²) in [5.41, 5.74) is 1.51. The second kappa shape index (κ2) is 9.56. The predicted octanol–water partition coefficient (Wildman–Crippen LogP) is 3.98. The van der Waals surface area contributed by atoms with E-state index in [9.17, 15) is 13.6 Å². The maximum absolute atomic E-state index is 12.3. The van der Waals surface area contributed by atoms with E-state index in [1.807, 2.05) is 0 Å². The van der Waals surface area contributed by atoms with Crippen LogP contribution in [0.15, 0.2) is 48.5 Å². The molecular weight excluding hydrogens is 356 g/mol. The number of alkyl halides is 2. The molecule has 5 nitrogen and oxygen atoms in total. The van der Waals surface area contributed by atoms with Crippen LogP contribution in [0, 0.1) is 0 Å². The fourth-order valence-corrected chi connectivity index (χ4v) is 2.39. The van der Waals surface area contributed by atoms with E-state index in [4.69, 9.17) is 9.47 Å². The van der Waals surface area contributed by atoms with Crippen LogP contribution < -0.4 is 14.2 Å². The van der Waals surface area contributed by atoms with Crippen molar-refractivity contribution in [2.45, 2.75) is 13.2 Å². The van der Waals surface area contributed by atoms with E-state index in [0.717, 1.165) is 5.56 Å². The molecule has 0 radical (unpaired) electrons. The van der Waals surface area contributed by atoms with E-state index in [-0.39, 0.29) is 11.7 Å². The van der Waals surface area contributed by atoms with Crippen molar-refractivity contribution in [1.82, 2.24) is 4.90 Å². The van der Waals surface area contributed by atoms with Crippen LogP contribution in [-0.4, -0.2) is 38.7 Å². The van der Waals surface area contributed by atoms with E-state index in [0.29, 0.717) is 23.6 Å². The lowest BCUT2D eigenvalue weighted by Gasteiger charge is -2.15. The Morgan fingerprint density at radius 1 is 1.07 bits per heavy atom. The zero-order valence-electron chi connectivity index (χ0n) is 15.3. The number of carbonyl (C=O) groups excluding carboxylic acids is 1. The Bertz CT molecular complexity index is 791. The number of carbonyl (C=O) groups is 1. The molecule has 0 N–H and O–H groups in total. The van der Waals surface area contributed by atoms with Crippen molar-refractivity contribution in [2.75, 3.05) is 21.3 Å². The summed E-state index contributed by atoms with van der Waals surface area (Å²) in [6.07, 6.45) is 3.09. The molecule has 0 unspecified atom stereocenters. The SMILES string of the molecule is COc1ccc(OC)c(C=CC(=O)N(C)Cc2ccc(OC(F)F)cc2)c1. The molecular formula is C20H21F2NO4. The molecule has 0 aliphatic rings. The Morgan fingerprint density at radius 3 is 2.33 bits per heavy atom. The van der Waals surface area contributed by atoms with Gasteiger partial charge in [0.1, 0.15) is 17.2 Å². The molecule has 2 aromatic rings. The highest BCUT2D eigenvalue weighted by Gasteiger charge is 2.09. The Kier molecular flexibility index (Phi) is 7.16. The standard InChI is InChI=1S/C20H21F2NO4/c1-23(13-14-4-7-16(8-5-14)27-20(21)22)19(24)11-6-15-12-17(25-2)9-10-18(15)26-3/h4-12,20H,13H2,1-3H3. The number of amides is 1. The lowest BCUT2D eigenvalue weighted by atomic mass is 10.1. The minimum atomic E-state index is -2.86. The lowest BCUT2D eigenvalue weighted by Crippen LogP contribution is -2.24. The monoisotopic (exact) mass is 377 g/mol. The van der Waals surface area contributed by atoms with Crippen LogP contribution in [0.2, 0.25) is 0 Å². The minimum absolute atomic E-state index is 0.0766. The van der Waals surface area contributed by atoms with Crippen molar-refractivity contribution in [3.63, 3.8) is 0 Å². The van der Waals surface area contributed by atoms with E-state index in [1.54, 1.807) is 57.7 Å². The van der Waals surface area contributed by atoms with E-state index < -0.39 is 6.61 Å². The molecule has 0 aliphatic carbocycles. The summed E-state index contributed by atoms with van der Waals surface area (Å²) in [5, 5.41) is 0. The second-order valence-corrected chi connectivity index (χ2v) is 5.66. The van der Waals surface area contributed by atoms with E-state index in [1.165, 1.54) is 23.1 Å². The average Bonchev–Trinajstić information content (AvgIpc) is 2.66. The summed E-state index contributed by atoms with van der Waals surface area (Å²) < 4.78 is 39.1. The molecule has 0 aliphatic heterocycles. The molecule has 2 aromatic carbocycles. The zero-order chi connectivity index (χ0) is 19.8. The van der Waals surface area contributed by atoms with Crippen LogP contribution in [0.3, 0.4) is 0 Å². The molecule has 0 bridgehead atoms. The van der Waals surface area contributed by atoms with Crippen molar-refractivity contribution < 1.29 is 27.8 Å². The number of likely N-dealkylation sites (N-methyl/N-ethyl adjacent to an activating group) is 1. The fourth-order valence-electron chi connectivity index (χ4n) is 2.39.